The minimum absolute atomic E-state index is 0.163. The van der Waals surface area contributed by atoms with Crippen molar-refractivity contribution < 1.29 is 4.92 Å². The van der Waals surface area contributed by atoms with Gasteiger partial charge in [0.2, 0.25) is 5.82 Å². The van der Waals surface area contributed by atoms with E-state index in [1.807, 2.05) is 0 Å². The highest BCUT2D eigenvalue weighted by Crippen LogP contribution is 2.22. The summed E-state index contributed by atoms with van der Waals surface area (Å²) in [5, 5.41) is 22.1. The molecule has 1 aromatic heterocycles. The zero-order valence-electron chi connectivity index (χ0n) is 8.51. The van der Waals surface area contributed by atoms with Gasteiger partial charge in [0.05, 0.1) is 10.5 Å². The molecular weight excluding hydrogens is 210 g/mol. The third-order valence-corrected chi connectivity index (χ3v) is 1.87. The van der Waals surface area contributed by atoms with Crippen molar-refractivity contribution in [1.29, 1.82) is 5.26 Å². The van der Waals surface area contributed by atoms with Crippen molar-refractivity contribution in [3.8, 4) is 6.07 Å². The Morgan fingerprint density at radius 2 is 2.44 bits per heavy atom. The molecule has 0 amide bonds. The number of nitrogens with one attached hydrogen (secondary N) is 1. The van der Waals surface area contributed by atoms with Gasteiger partial charge in [-0.2, -0.15) is 5.26 Å². The van der Waals surface area contributed by atoms with Crippen molar-refractivity contribution in [3.05, 3.63) is 27.9 Å². The Hall–Kier alpha value is -2.20. The molecule has 0 aliphatic carbocycles. The number of hydrogen-bond acceptors (Lipinski definition) is 6. The number of hydrogen-bond donors (Lipinski definition) is 2. The second-order valence-electron chi connectivity index (χ2n) is 3.03. The van der Waals surface area contributed by atoms with Crippen LogP contribution in [0.15, 0.2) is 12.3 Å². The van der Waals surface area contributed by atoms with Gasteiger partial charge < -0.3 is 11.1 Å². The number of anilines is 1. The maximum Gasteiger partial charge on any atom is 0.312 e. The molecule has 0 radical (unpaired) electrons. The van der Waals surface area contributed by atoms with E-state index in [-0.39, 0.29) is 17.1 Å². The second-order valence-corrected chi connectivity index (χ2v) is 3.03. The molecule has 1 aromatic rings. The molecule has 1 heterocycles. The zero-order chi connectivity index (χ0) is 12.0. The maximum atomic E-state index is 10.7. The fraction of sp³-hybridized carbons (Fsp3) is 0.333. The van der Waals surface area contributed by atoms with Crippen LogP contribution in [0.3, 0.4) is 0 Å². The summed E-state index contributed by atoms with van der Waals surface area (Å²) in [5.41, 5.74) is 5.26. The maximum absolute atomic E-state index is 10.7. The molecule has 84 valence electrons. The minimum Gasteiger partial charge on any atom is -0.364 e. The molecule has 0 aliphatic rings. The van der Waals surface area contributed by atoms with Crippen molar-refractivity contribution >= 4 is 11.5 Å². The topological polar surface area (TPSA) is 118 Å². The molecule has 0 fully saturated rings. The summed E-state index contributed by atoms with van der Waals surface area (Å²) in [4.78, 5) is 14.0. The Labute approximate surface area is 92.0 Å². The predicted octanol–water partition coefficient (Wildman–Crippen LogP) is 0.622. The molecule has 7 nitrogen and oxygen atoms in total. The lowest BCUT2D eigenvalue weighted by molar-refractivity contribution is -0.384. The van der Waals surface area contributed by atoms with E-state index in [9.17, 15) is 10.1 Å². The highest BCUT2D eigenvalue weighted by molar-refractivity contribution is 5.58. The highest BCUT2D eigenvalue weighted by atomic mass is 16.6. The van der Waals surface area contributed by atoms with Gasteiger partial charge in [-0.05, 0) is 13.0 Å². The van der Waals surface area contributed by atoms with Crippen LogP contribution in [-0.2, 0) is 0 Å². The first kappa shape index (κ1) is 11.9. The number of nitro groups is 1. The van der Waals surface area contributed by atoms with Crippen LogP contribution in [0.2, 0.25) is 0 Å². The second kappa shape index (κ2) is 5.63. The SMILES string of the molecule is N#Cc1cnc(NCCCN)c([N+](=O)[O-])c1. The fourth-order valence-corrected chi connectivity index (χ4v) is 1.10. The van der Waals surface area contributed by atoms with E-state index < -0.39 is 4.92 Å². The van der Waals surface area contributed by atoms with Crippen LogP contribution in [0.25, 0.3) is 0 Å². The first-order valence-electron chi connectivity index (χ1n) is 4.67. The number of nitrogens with zero attached hydrogens (tertiary/aromatic N) is 3. The Morgan fingerprint density at radius 1 is 1.69 bits per heavy atom. The lowest BCUT2D eigenvalue weighted by Crippen LogP contribution is -2.10. The van der Waals surface area contributed by atoms with Gasteiger partial charge in [-0.15, -0.1) is 0 Å². The number of nitrogens with two attached hydrogens (primary N) is 1. The summed E-state index contributed by atoms with van der Waals surface area (Å²) in [6.45, 7) is 1.01. The predicted molar refractivity (Wildman–Crippen MR) is 57.8 cm³/mol. The summed E-state index contributed by atoms with van der Waals surface area (Å²) in [5.74, 6) is 0.164. The van der Waals surface area contributed by atoms with Gasteiger partial charge in [0.15, 0.2) is 0 Å². The third-order valence-electron chi connectivity index (χ3n) is 1.87. The van der Waals surface area contributed by atoms with Crippen LogP contribution in [0, 0.1) is 21.4 Å². The number of nitriles is 1. The average Bonchev–Trinajstić information content (AvgIpc) is 2.29. The fourth-order valence-electron chi connectivity index (χ4n) is 1.10. The van der Waals surface area contributed by atoms with E-state index in [1.54, 1.807) is 6.07 Å². The van der Waals surface area contributed by atoms with Gasteiger partial charge in [-0.3, -0.25) is 10.1 Å². The quantitative estimate of drug-likeness (QED) is 0.427. The third kappa shape index (κ3) is 2.90. The van der Waals surface area contributed by atoms with Gasteiger partial charge >= 0.3 is 5.69 Å². The van der Waals surface area contributed by atoms with Gasteiger partial charge in [0.1, 0.15) is 6.07 Å². The molecule has 3 N–H and O–H groups in total. The van der Waals surface area contributed by atoms with E-state index in [0.717, 1.165) is 0 Å². The summed E-state index contributed by atoms with van der Waals surface area (Å²) in [6.07, 6.45) is 1.98. The molecule has 0 atom stereocenters. The Morgan fingerprint density at radius 3 is 3.00 bits per heavy atom. The van der Waals surface area contributed by atoms with Crippen LogP contribution in [0.5, 0.6) is 0 Å². The Bertz CT molecular complexity index is 426. The van der Waals surface area contributed by atoms with Crippen molar-refractivity contribution in [2.24, 2.45) is 5.73 Å². The standard InChI is InChI=1S/C9H11N5O2/c10-2-1-3-12-9-8(14(15)16)4-7(5-11)6-13-9/h4,6H,1-3,10H2,(H,12,13). The van der Waals surface area contributed by atoms with Gasteiger partial charge in [-0.1, -0.05) is 0 Å². The van der Waals surface area contributed by atoms with E-state index in [2.05, 4.69) is 10.3 Å². The van der Waals surface area contributed by atoms with Crippen molar-refractivity contribution in [3.63, 3.8) is 0 Å². The highest BCUT2D eigenvalue weighted by Gasteiger charge is 2.15. The molecule has 0 aromatic carbocycles. The largest absolute Gasteiger partial charge is 0.364 e. The normalized spacial score (nSPS) is 9.50. The summed E-state index contributed by atoms with van der Waals surface area (Å²) >= 11 is 0. The Kier molecular flexibility index (Phi) is 4.17. The van der Waals surface area contributed by atoms with Crippen molar-refractivity contribution in [2.75, 3.05) is 18.4 Å². The van der Waals surface area contributed by atoms with Crippen LogP contribution < -0.4 is 11.1 Å². The first-order valence-corrected chi connectivity index (χ1v) is 4.67. The van der Waals surface area contributed by atoms with Crippen LogP contribution in [0.1, 0.15) is 12.0 Å². The van der Waals surface area contributed by atoms with Crippen LogP contribution in [-0.4, -0.2) is 23.0 Å². The minimum atomic E-state index is -0.571. The lowest BCUT2D eigenvalue weighted by Gasteiger charge is -2.04. The average molecular weight is 221 g/mol. The number of pyridine rings is 1. The Balaban J connectivity index is 2.91. The molecule has 0 aliphatic heterocycles. The van der Waals surface area contributed by atoms with Crippen LogP contribution in [0.4, 0.5) is 11.5 Å². The molecule has 0 unspecified atom stereocenters. The zero-order valence-corrected chi connectivity index (χ0v) is 8.51. The van der Waals surface area contributed by atoms with Crippen molar-refractivity contribution in [2.45, 2.75) is 6.42 Å². The molecule has 0 saturated heterocycles. The van der Waals surface area contributed by atoms with Gasteiger partial charge in [0.25, 0.3) is 0 Å². The molecule has 0 saturated carbocycles. The smallest absolute Gasteiger partial charge is 0.312 e. The van der Waals surface area contributed by atoms with Crippen molar-refractivity contribution in [1.82, 2.24) is 4.98 Å². The summed E-state index contributed by atoms with van der Waals surface area (Å²) in [7, 11) is 0. The number of rotatable bonds is 5. The molecule has 0 spiro atoms. The monoisotopic (exact) mass is 221 g/mol. The van der Waals surface area contributed by atoms with E-state index >= 15 is 0 Å². The van der Waals surface area contributed by atoms with Crippen LogP contribution >= 0.6 is 0 Å². The van der Waals surface area contributed by atoms with Gasteiger partial charge in [-0.25, -0.2) is 4.98 Å². The van der Waals surface area contributed by atoms with E-state index in [4.69, 9.17) is 11.0 Å². The van der Waals surface area contributed by atoms with E-state index in [0.29, 0.717) is 19.5 Å². The molecule has 7 heteroatoms. The van der Waals surface area contributed by atoms with Gasteiger partial charge in [0, 0.05) is 18.8 Å². The van der Waals surface area contributed by atoms with E-state index in [1.165, 1.54) is 12.3 Å². The molecular formula is C9H11N5O2. The molecule has 1 rings (SSSR count). The molecule has 16 heavy (non-hydrogen) atoms. The summed E-state index contributed by atoms with van der Waals surface area (Å²) in [6, 6.07) is 2.99. The first-order chi connectivity index (χ1) is 7.69. The molecule has 0 bridgehead atoms. The number of aromatic nitrogens is 1. The summed E-state index contributed by atoms with van der Waals surface area (Å²) < 4.78 is 0. The lowest BCUT2D eigenvalue weighted by atomic mass is 10.2.